The number of methoxy groups -OCH3 is 1. The summed E-state index contributed by atoms with van der Waals surface area (Å²) >= 11 is 3.40. The Labute approximate surface area is 161 Å². The summed E-state index contributed by atoms with van der Waals surface area (Å²) < 4.78 is 11.2. The first-order valence-corrected chi connectivity index (χ1v) is 8.78. The second-order valence-electron chi connectivity index (χ2n) is 5.63. The van der Waals surface area contributed by atoms with E-state index in [2.05, 4.69) is 21.2 Å². The monoisotopic (exact) mass is 417 g/mol. The highest BCUT2D eigenvalue weighted by molar-refractivity contribution is 9.10. The Bertz CT molecular complexity index is 832. The number of hydrogen-bond donors (Lipinski definition) is 1. The number of amides is 1. The summed E-state index contributed by atoms with van der Waals surface area (Å²) in [5, 5.41) is 2.72. The molecule has 0 heterocycles. The smallest absolute Gasteiger partial charge is 0.331 e. The molecule has 26 heavy (non-hydrogen) atoms. The molecule has 0 bridgehead atoms. The van der Waals surface area contributed by atoms with Crippen LogP contribution in [0.4, 0.5) is 5.69 Å². The predicted molar refractivity (Wildman–Crippen MR) is 105 cm³/mol. The van der Waals surface area contributed by atoms with Crippen LogP contribution in [0.2, 0.25) is 0 Å². The molecule has 5 nitrogen and oxygen atoms in total. The number of nitrogens with one attached hydrogen (secondary N) is 1. The largest absolute Gasteiger partial charge is 0.495 e. The van der Waals surface area contributed by atoms with E-state index in [1.165, 1.54) is 20.1 Å². The number of benzene rings is 2. The zero-order valence-electron chi connectivity index (χ0n) is 14.8. The van der Waals surface area contributed by atoms with Gasteiger partial charge in [-0.05, 0) is 49.2 Å². The lowest BCUT2D eigenvalue weighted by Crippen LogP contribution is -2.29. The zero-order chi connectivity index (χ0) is 19.1. The zero-order valence-corrected chi connectivity index (χ0v) is 16.4. The van der Waals surface area contributed by atoms with Crippen LogP contribution in [0, 0.1) is 6.92 Å². The average Bonchev–Trinajstić information content (AvgIpc) is 2.61. The number of carbonyl (C=O) groups excluding carboxylic acids is 2. The lowest BCUT2D eigenvalue weighted by atomic mass is 10.2. The third-order valence-electron chi connectivity index (χ3n) is 3.58. The molecular weight excluding hydrogens is 398 g/mol. The summed E-state index contributed by atoms with van der Waals surface area (Å²) in [6.07, 6.45) is 1.97. The van der Waals surface area contributed by atoms with Crippen LogP contribution in [0.15, 0.2) is 53.0 Å². The molecule has 0 fully saturated rings. The Kier molecular flexibility index (Phi) is 6.97. The van der Waals surface area contributed by atoms with Crippen LogP contribution < -0.4 is 10.1 Å². The number of esters is 1. The van der Waals surface area contributed by atoms with Crippen molar-refractivity contribution in [3.63, 3.8) is 0 Å². The Morgan fingerprint density at radius 3 is 2.62 bits per heavy atom. The van der Waals surface area contributed by atoms with Crippen molar-refractivity contribution in [3.8, 4) is 5.75 Å². The maximum atomic E-state index is 12.3. The maximum absolute atomic E-state index is 12.3. The molecular formula is C20H20BrNO4. The van der Waals surface area contributed by atoms with Crippen molar-refractivity contribution in [3.05, 3.63) is 64.1 Å². The summed E-state index contributed by atoms with van der Waals surface area (Å²) in [4.78, 5) is 24.2. The molecule has 0 aliphatic rings. The van der Waals surface area contributed by atoms with Crippen molar-refractivity contribution >= 4 is 39.6 Å². The van der Waals surface area contributed by atoms with Crippen LogP contribution in [0.5, 0.6) is 5.75 Å². The number of halogens is 1. The fourth-order valence-corrected chi connectivity index (χ4v) is 2.61. The quantitative estimate of drug-likeness (QED) is 0.560. The third-order valence-corrected chi connectivity index (χ3v) is 4.30. The van der Waals surface area contributed by atoms with Crippen molar-refractivity contribution in [1.82, 2.24) is 0 Å². The van der Waals surface area contributed by atoms with Crippen LogP contribution in [0.1, 0.15) is 18.1 Å². The topological polar surface area (TPSA) is 64.6 Å². The Hall–Kier alpha value is -2.60. The van der Waals surface area contributed by atoms with E-state index < -0.39 is 18.0 Å². The van der Waals surface area contributed by atoms with Crippen molar-refractivity contribution in [2.24, 2.45) is 0 Å². The van der Waals surface area contributed by atoms with Crippen molar-refractivity contribution in [2.75, 3.05) is 12.4 Å². The van der Waals surface area contributed by atoms with Crippen LogP contribution in [-0.4, -0.2) is 25.1 Å². The second-order valence-corrected chi connectivity index (χ2v) is 6.48. The van der Waals surface area contributed by atoms with Crippen LogP contribution in [-0.2, 0) is 14.3 Å². The lowest BCUT2D eigenvalue weighted by Gasteiger charge is -2.15. The molecule has 2 aromatic rings. The Morgan fingerprint density at radius 2 is 1.92 bits per heavy atom. The summed E-state index contributed by atoms with van der Waals surface area (Å²) in [6.45, 7) is 3.42. The van der Waals surface area contributed by atoms with Gasteiger partial charge in [0.15, 0.2) is 6.10 Å². The minimum atomic E-state index is -0.948. The highest BCUT2D eigenvalue weighted by Crippen LogP contribution is 2.25. The molecule has 2 aromatic carbocycles. The molecule has 1 amide bonds. The number of hydrogen-bond acceptors (Lipinski definition) is 4. The molecule has 0 aliphatic carbocycles. The Balaban J connectivity index is 1.97. The highest BCUT2D eigenvalue weighted by Gasteiger charge is 2.18. The number of ether oxygens (including phenoxy) is 2. The van der Waals surface area contributed by atoms with Crippen molar-refractivity contribution in [1.29, 1.82) is 0 Å². The van der Waals surface area contributed by atoms with Gasteiger partial charge in [0.1, 0.15) is 5.75 Å². The standard InChI is InChI=1S/C20H20BrNO4/c1-13-8-10-18(25-3)17(12-13)22-20(24)14(2)26-19(23)11-9-15-6-4-5-7-16(15)21/h4-12,14H,1-3H3,(H,22,24)/b11-9+/t14-/m0/s1. The first-order chi connectivity index (χ1) is 12.4. The molecule has 1 atom stereocenters. The van der Waals surface area contributed by atoms with Gasteiger partial charge in [-0.25, -0.2) is 4.79 Å². The fraction of sp³-hybridized carbons (Fsp3) is 0.200. The molecule has 0 saturated heterocycles. The molecule has 0 aromatic heterocycles. The molecule has 136 valence electrons. The van der Waals surface area contributed by atoms with Gasteiger partial charge < -0.3 is 14.8 Å². The third kappa shape index (κ3) is 5.46. The molecule has 1 N–H and O–H groups in total. The summed E-state index contributed by atoms with van der Waals surface area (Å²) in [7, 11) is 1.52. The first kappa shape index (κ1) is 19.7. The number of aryl methyl sites for hydroxylation is 1. The maximum Gasteiger partial charge on any atom is 0.331 e. The summed E-state index contributed by atoms with van der Waals surface area (Å²) in [5.74, 6) is -0.493. The number of carbonyl (C=O) groups is 2. The first-order valence-electron chi connectivity index (χ1n) is 7.99. The van der Waals surface area contributed by atoms with Gasteiger partial charge in [0, 0.05) is 10.5 Å². The van der Waals surface area contributed by atoms with Crippen molar-refractivity contribution < 1.29 is 19.1 Å². The molecule has 0 radical (unpaired) electrons. The molecule has 6 heteroatoms. The van der Waals surface area contributed by atoms with Gasteiger partial charge >= 0.3 is 5.97 Å². The SMILES string of the molecule is COc1ccc(C)cc1NC(=O)[C@H](C)OC(=O)/C=C/c1ccccc1Br. The summed E-state index contributed by atoms with van der Waals surface area (Å²) in [5.41, 5.74) is 2.34. The lowest BCUT2D eigenvalue weighted by molar-refractivity contribution is -0.148. The fourth-order valence-electron chi connectivity index (χ4n) is 2.19. The molecule has 0 aliphatic heterocycles. The molecule has 0 spiro atoms. The van der Waals surface area contributed by atoms with Crippen LogP contribution in [0.3, 0.4) is 0 Å². The Morgan fingerprint density at radius 1 is 1.19 bits per heavy atom. The second kappa shape index (κ2) is 9.20. The van der Waals surface area contributed by atoms with Gasteiger partial charge in [-0.2, -0.15) is 0 Å². The van der Waals surface area contributed by atoms with Gasteiger partial charge in [-0.15, -0.1) is 0 Å². The molecule has 0 saturated carbocycles. The van der Waals surface area contributed by atoms with E-state index >= 15 is 0 Å². The van der Waals surface area contributed by atoms with Crippen LogP contribution >= 0.6 is 15.9 Å². The van der Waals surface area contributed by atoms with Gasteiger partial charge in [0.25, 0.3) is 5.91 Å². The minimum absolute atomic E-state index is 0.434. The molecule has 2 rings (SSSR count). The van der Waals surface area contributed by atoms with Gasteiger partial charge in [-0.1, -0.05) is 40.2 Å². The normalized spacial score (nSPS) is 11.8. The van der Waals surface area contributed by atoms with E-state index in [4.69, 9.17) is 9.47 Å². The number of anilines is 1. The average molecular weight is 418 g/mol. The van der Waals surface area contributed by atoms with E-state index in [1.807, 2.05) is 37.3 Å². The van der Waals surface area contributed by atoms with Gasteiger partial charge in [-0.3, -0.25) is 4.79 Å². The van der Waals surface area contributed by atoms with E-state index in [1.54, 1.807) is 18.2 Å². The minimum Gasteiger partial charge on any atom is -0.495 e. The summed E-state index contributed by atoms with van der Waals surface area (Å²) in [6, 6.07) is 12.9. The van der Waals surface area contributed by atoms with Crippen LogP contribution in [0.25, 0.3) is 6.08 Å². The highest BCUT2D eigenvalue weighted by atomic mass is 79.9. The van der Waals surface area contributed by atoms with E-state index in [0.717, 1.165) is 15.6 Å². The van der Waals surface area contributed by atoms with E-state index in [9.17, 15) is 9.59 Å². The van der Waals surface area contributed by atoms with Crippen molar-refractivity contribution in [2.45, 2.75) is 20.0 Å². The van der Waals surface area contributed by atoms with E-state index in [0.29, 0.717) is 11.4 Å². The predicted octanol–water partition coefficient (Wildman–Crippen LogP) is 4.35. The van der Waals surface area contributed by atoms with E-state index in [-0.39, 0.29) is 0 Å². The van der Waals surface area contributed by atoms with Gasteiger partial charge in [0.05, 0.1) is 12.8 Å². The molecule has 0 unspecified atom stereocenters. The van der Waals surface area contributed by atoms with Gasteiger partial charge in [0.2, 0.25) is 0 Å². The number of rotatable bonds is 6.